The number of rotatable bonds is 1. The molecule has 14 heavy (non-hydrogen) atoms. The normalized spacial score (nSPS) is 21.1. The number of hydrogen-bond donors (Lipinski definition) is 1. The van der Waals surface area contributed by atoms with Crippen LogP contribution in [0.3, 0.4) is 0 Å². The van der Waals surface area contributed by atoms with Crippen LogP contribution in [0.25, 0.3) is 0 Å². The Morgan fingerprint density at radius 1 is 1.57 bits per heavy atom. The number of pyridine rings is 1. The molecule has 0 aromatic carbocycles. The van der Waals surface area contributed by atoms with Gasteiger partial charge in [-0.3, -0.25) is 0 Å². The largest absolute Gasteiger partial charge is 0.386 e. The molecule has 0 aliphatic carbocycles. The zero-order valence-corrected chi connectivity index (χ0v) is 8.57. The summed E-state index contributed by atoms with van der Waals surface area (Å²) in [6.07, 6.45) is 2.39. The highest BCUT2D eigenvalue weighted by Crippen LogP contribution is 2.21. The smallest absolute Gasteiger partial charge is 0.149 e. The Bertz CT molecular complexity index is 360. The van der Waals surface area contributed by atoms with Crippen LogP contribution in [-0.2, 0) is 0 Å². The maximum atomic E-state index is 5.74. The Balaban J connectivity index is 2.27. The molecule has 1 unspecified atom stereocenters. The first kappa shape index (κ1) is 9.27. The first-order chi connectivity index (χ1) is 6.66. The van der Waals surface area contributed by atoms with Gasteiger partial charge in [0.05, 0.1) is 11.1 Å². The molecule has 0 bridgehead atoms. The van der Waals surface area contributed by atoms with Crippen LogP contribution in [-0.4, -0.2) is 16.9 Å². The van der Waals surface area contributed by atoms with Crippen LogP contribution in [0.2, 0.25) is 5.02 Å². The number of hydrazone groups is 1. The van der Waals surface area contributed by atoms with Gasteiger partial charge in [0.1, 0.15) is 11.7 Å². The lowest BCUT2D eigenvalue weighted by Crippen LogP contribution is -2.23. The molecule has 0 spiro atoms. The van der Waals surface area contributed by atoms with Gasteiger partial charge < -0.3 is 5.73 Å². The summed E-state index contributed by atoms with van der Waals surface area (Å²) in [7, 11) is 0. The Kier molecular flexibility index (Phi) is 2.29. The monoisotopic (exact) mass is 210 g/mol. The zero-order chi connectivity index (χ0) is 10.1. The van der Waals surface area contributed by atoms with Crippen LogP contribution in [0.15, 0.2) is 23.4 Å². The Morgan fingerprint density at radius 2 is 2.36 bits per heavy atom. The van der Waals surface area contributed by atoms with Gasteiger partial charge in [-0.1, -0.05) is 11.6 Å². The Labute approximate surface area is 87.4 Å². The summed E-state index contributed by atoms with van der Waals surface area (Å²) in [5, 5.41) is 6.63. The molecule has 2 heterocycles. The third-order valence-electron chi connectivity index (χ3n) is 2.10. The number of amidine groups is 1. The van der Waals surface area contributed by atoms with Crippen LogP contribution in [0, 0.1) is 0 Å². The second-order valence-electron chi connectivity index (χ2n) is 3.32. The molecule has 1 atom stereocenters. The molecular weight excluding hydrogens is 200 g/mol. The van der Waals surface area contributed by atoms with Gasteiger partial charge in [0.2, 0.25) is 0 Å². The van der Waals surface area contributed by atoms with E-state index in [-0.39, 0.29) is 6.04 Å². The van der Waals surface area contributed by atoms with Crippen molar-refractivity contribution in [3.63, 3.8) is 0 Å². The molecule has 4 nitrogen and oxygen atoms in total. The van der Waals surface area contributed by atoms with Crippen molar-refractivity contribution in [1.29, 1.82) is 0 Å². The van der Waals surface area contributed by atoms with Gasteiger partial charge in [0.15, 0.2) is 0 Å². The van der Waals surface area contributed by atoms with Crippen LogP contribution < -0.4 is 10.7 Å². The highest BCUT2D eigenvalue weighted by Gasteiger charge is 2.22. The van der Waals surface area contributed by atoms with Crippen LogP contribution >= 0.6 is 11.6 Å². The van der Waals surface area contributed by atoms with Crippen molar-refractivity contribution in [3.05, 3.63) is 23.4 Å². The van der Waals surface area contributed by atoms with E-state index < -0.39 is 0 Å². The molecule has 1 aliphatic rings. The van der Waals surface area contributed by atoms with Crippen LogP contribution in [0.4, 0.5) is 5.82 Å². The van der Waals surface area contributed by atoms with E-state index >= 15 is 0 Å². The minimum absolute atomic E-state index is 0.267. The minimum atomic E-state index is 0.267. The maximum absolute atomic E-state index is 5.74. The molecule has 5 heteroatoms. The van der Waals surface area contributed by atoms with E-state index in [4.69, 9.17) is 17.3 Å². The topological polar surface area (TPSA) is 54.5 Å². The van der Waals surface area contributed by atoms with Crippen molar-refractivity contribution in [2.24, 2.45) is 10.8 Å². The highest BCUT2D eigenvalue weighted by molar-refractivity contribution is 6.30. The maximum Gasteiger partial charge on any atom is 0.149 e. The number of halogens is 1. The summed E-state index contributed by atoms with van der Waals surface area (Å²) < 4.78 is 0. The van der Waals surface area contributed by atoms with Crippen molar-refractivity contribution >= 4 is 23.3 Å². The van der Waals surface area contributed by atoms with Crippen molar-refractivity contribution in [3.8, 4) is 0 Å². The molecule has 1 aromatic heterocycles. The van der Waals surface area contributed by atoms with Gasteiger partial charge in [-0.05, 0) is 19.1 Å². The van der Waals surface area contributed by atoms with Gasteiger partial charge in [-0.2, -0.15) is 5.10 Å². The van der Waals surface area contributed by atoms with Gasteiger partial charge in [-0.15, -0.1) is 0 Å². The molecule has 1 aliphatic heterocycles. The van der Waals surface area contributed by atoms with E-state index in [9.17, 15) is 0 Å². The molecular formula is C9H11ClN4. The lowest BCUT2D eigenvalue weighted by atomic mass is 10.2. The summed E-state index contributed by atoms with van der Waals surface area (Å²) in [4.78, 5) is 4.18. The van der Waals surface area contributed by atoms with Crippen LogP contribution in [0.1, 0.15) is 13.3 Å². The number of anilines is 1. The summed E-state index contributed by atoms with van der Waals surface area (Å²) >= 11 is 5.74. The SMILES string of the molecule is CC1CC(N)=NN1c1ccc(Cl)cn1. The average Bonchev–Trinajstić information content (AvgIpc) is 2.47. The molecule has 2 N–H and O–H groups in total. The fourth-order valence-corrected chi connectivity index (χ4v) is 1.56. The molecule has 0 saturated carbocycles. The molecule has 0 fully saturated rings. The Morgan fingerprint density at radius 3 is 2.86 bits per heavy atom. The Hall–Kier alpha value is -1.29. The van der Waals surface area contributed by atoms with E-state index in [2.05, 4.69) is 17.0 Å². The molecule has 1 aromatic rings. The standard InChI is InChI=1S/C9H11ClN4/c1-6-4-8(11)13-14(6)9-3-2-7(10)5-12-9/h2-3,5-6H,4H2,1H3,(H2,11,13). The van der Waals surface area contributed by atoms with Crippen molar-refractivity contribution < 1.29 is 0 Å². The van der Waals surface area contributed by atoms with E-state index in [1.54, 1.807) is 12.3 Å². The van der Waals surface area contributed by atoms with Gasteiger partial charge >= 0.3 is 0 Å². The van der Waals surface area contributed by atoms with E-state index in [1.807, 2.05) is 11.1 Å². The number of hydrogen-bond acceptors (Lipinski definition) is 4. The molecule has 0 radical (unpaired) electrons. The summed E-state index contributed by atoms with van der Waals surface area (Å²) in [5.41, 5.74) is 5.64. The van der Waals surface area contributed by atoms with Crippen molar-refractivity contribution in [1.82, 2.24) is 4.98 Å². The lowest BCUT2D eigenvalue weighted by molar-refractivity contribution is 0.713. The summed E-state index contributed by atoms with van der Waals surface area (Å²) in [5.74, 6) is 1.43. The fraction of sp³-hybridized carbons (Fsp3) is 0.333. The predicted octanol–water partition coefficient (Wildman–Crippen LogP) is 1.61. The molecule has 74 valence electrons. The van der Waals surface area contributed by atoms with E-state index in [0.29, 0.717) is 10.9 Å². The number of aromatic nitrogens is 1. The van der Waals surface area contributed by atoms with Gasteiger partial charge in [0, 0.05) is 12.6 Å². The average molecular weight is 211 g/mol. The quantitative estimate of drug-likeness (QED) is 0.766. The first-order valence-corrected chi connectivity index (χ1v) is 4.78. The van der Waals surface area contributed by atoms with Gasteiger partial charge in [0.25, 0.3) is 0 Å². The molecule has 0 saturated heterocycles. The van der Waals surface area contributed by atoms with Crippen molar-refractivity contribution in [2.75, 3.05) is 5.01 Å². The van der Waals surface area contributed by atoms with Crippen molar-refractivity contribution in [2.45, 2.75) is 19.4 Å². The molecule has 0 amide bonds. The number of nitrogens with two attached hydrogens (primary N) is 1. The zero-order valence-electron chi connectivity index (χ0n) is 7.81. The third kappa shape index (κ3) is 1.65. The van der Waals surface area contributed by atoms with Gasteiger partial charge in [-0.25, -0.2) is 9.99 Å². The minimum Gasteiger partial charge on any atom is -0.386 e. The van der Waals surface area contributed by atoms with E-state index in [1.165, 1.54) is 0 Å². The number of nitrogens with zero attached hydrogens (tertiary/aromatic N) is 3. The summed E-state index contributed by atoms with van der Waals surface area (Å²) in [6.45, 7) is 2.06. The van der Waals surface area contributed by atoms with E-state index in [0.717, 1.165) is 12.2 Å². The fourth-order valence-electron chi connectivity index (χ4n) is 1.45. The third-order valence-corrected chi connectivity index (χ3v) is 2.33. The first-order valence-electron chi connectivity index (χ1n) is 4.40. The summed E-state index contributed by atoms with van der Waals surface area (Å²) in [6, 6.07) is 3.89. The predicted molar refractivity (Wildman–Crippen MR) is 57.4 cm³/mol. The molecule has 2 rings (SSSR count). The highest BCUT2D eigenvalue weighted by atomic mass is 35.5. The lowest BCUT2D eigenvalue weighted by Gasteiger charge is -2.18. The second-order valence-corrected chi connectivity index (χ2v) is 3.76. The second kappa shape index (κ2) is 3.46. The van der Waals surface area contributed by atoms with Crippen LogP contribution in [0.5, 0.6) is 0 Å².